The van der Waals surface area contributed by atoms with E-state index in [4.69, 9.17) is 0 Å². The van der Waals surface area contributed by atoms with Crippen LogP contribution >= 0.6 is 0 Å². The molecule has 0 atom stereocenters. The van der Waals surface area contributed by atoms with Crippen molar-refractivity contribution in [2.24, 2.45) is 0 Å². The first kappa shape index (κ1) is 21.6. The molecule has 164 valence electrons. The van der Waals surface area contributed by atoms with Crippen LogP contribution in [0.25, 0.3) is 6.08 Å². The maximum atomic E-state index is 12.8. The Morgan fingerprint density at radius 2 is 1.45 bits per heavy atom. The van der Waals surface area contributed by atoms with Crippen molar-refractivity contribution in [1.82, 2.24) is 14.7 Å². The van der Waals surface area contributed by atoms with E-state index in [1.54, 1.807) is 0 Å². The highest BCUT2D eigenvalue weighted by molar-refractivity contribution is 5.78. The molecule has 0 aliphatic carbocycles. The van der Waals surface area contributed by atoms with Crippen molar-refractivity contribution in [1.29, 1.82) is 0 Å². The molecule has 0 spiro atoms. The fraction of sp³-hybridized carbons (Fsp3) is 0.423. The summed E-state index contributed by atoms with van der Waals surface area (Å²) in [7, 11) is 0. The third-order valence-electron chi connectivity index (χ3n) is 6.39. The summed E-state index contributed by atoms with van der Waals surface area (Å²) in [5.41, 5.74) is 3.88. The molecule has 0 N–H and O–H groups in total. The van der Waals surface area contributed by atoms with Gasteiger partial charge in [0, 0.05) is 64.6 Å². The molecule has 0 bridgehead atoms. The van der Waals surface area contributed by atoms with Gasteiger partial charge in [-0.05, 0) is 24.1 Å². The first-order valence-corrected chi connectivity index (χ1v) is 11.4. The molecule has 4 rings (SSSR count). The van der Waals surface area contributed by atoms with Crippen molar-refractivity contribution in [3.63, 3.8) is 0 Å². The van der Waals surface area contributed by atoms with Gasteiger partial charge in [-0.2, -0.15) is 0 Å². The van der Waals surface area contributed by atoms with Crippen LogP contribution in [-0.2, 0) is 4.79 Å². The van der Waals surface area contributed by atoms with Gasteiger partial charge in [0.2, 0.25) is 5.91 Å². The Morgan fingerprint density at radius 1 is 0.806 bits per heavy atom. The molecule has 2 aromatic carbocycles. The second-order valence-corrected chi connectivity index (χ2v) is 8.54. The van der Waals surface area contributed by atoms with Gasteiger partial charge in [0.25, 0.3) is 0 Å². The van der Waals surface area contributed by atoms with Gasteiger partial charge in [-0.25, -0.2) is 0 Å². The lowest BCUT2D eigenvalue weighted by molar-refractivity contribution is -0.134. The van der Waals surface area contributed by atoms with E-state index in [1.807, 2.05) is 11.0 Å². The monoisotopic (exact) mass is 418 g/mol. The van der Waals surface area contributed by atoms with Crippen LogP contribution in [0.3, 0.4) is 0 Å². The third-order valence-corrected chi connectivity index (χ3v) is 6.39. The first-order valence-electron chi connectivity index (χ1n) is 11.4. The minimum Gasteiger partial charge on any atom is -0.369 e. The summed E-state index contributed by atoms with van der Waals surface area (Å²) in [5.74, 6) is 0.281. The standard InChI is InChI=1S/C26H34N4O/c1-23-8-5-6-12-25(23)29-18-16-28(17-19-29)22-26(31)30-20-14-27(15-21-30)13-7-11-24-9-3-2-4-10-24/h2-12H,13-22H2,1H3/b11-7+. The number of para-hydroxylation sites is 1. The zero-order valence-electron chi connectivity index (χ0n) is 18.6. The SMILES string of the molecule is Cc1ccccc1N1CCN(CC(=O)N2CCN(C/C=C/c3ccccc3)CC2)CC1. The molecule has 2 aliphatic heterocycles. The number of aryl methyl sites for hydroxylation is 1. The van der Waals surface area contributed by atoms with Crippen LogP contribution in [0.1, 0.15) is 11.1 Å². The number of nitrogens with zero attached hydrogens (tertiary/aromatic N) is 4. The van der Waals surface area contributed by atoms with E-state index in [0.717, 1.165) is 58.9 Å². The molecule has 2 aromatic rings. The van der Waals surface area contributed by atoms with Gasteiger partial charge in [0.05, 0.1) is 6.54 Å². The summed E-state index contributed by atoms with van der Waals surface area (Å²) >= 11 is 0. The minimum absolute atomic E-state index is 0.281. The summed E-state index contributed by atoms with van der Waals surface area (Å²) in [4.78, 5) is 22.0. The lowest BCUT2D eigenvalue weighted by Gasteiger charge is -2.38. The van der Waals surface area contributed by atoms with Crippen LogP contribution in [0.15, 0.2) is 60.7 Å². The van der Waals surface area contributed by atoms with Crippen molar-refractivity contribution in [2.45, 2.75) is 6.92 Å². The molecule has 1 amide bonds. The Hall–Kier alpha value is -2.63. The van der Waals surface area contributed by atoms with Gasteiger partial charge >= 0.3 is 0 Å². The fourth-order valence-corrected chi connectivity index (χ4v) is 4.44. The maximum absolute atomic E-state index is 12.8. The smallest absolute Gasteiger partial charge is 0.236 e. The highest BCUT2D eigenvalue weighted by atomic mass is 16.2. The fourth-order valence-electron chi connectivity index (χ4n) is 4.44. The zero-order valence-corrected chi connectivity index (χ0v) is 18.6. The van der Waals surface area contributed by atoms with E-state index in [1.165, 1.54) is 16.8 Å². The maximum Gasteiger partial charge on any atom is 0.236 e. The van der Waals surface area contributed by atoms with E-state index in [-0.39, 0.29) is 5.91 Å². The minimum atomic E-state index is 0.281. The number of piperazine rings is 2. The van der Waals surface area contributed by atoms with Gasteiger partial charge in [0.15, 0.2) is 0 Å². The zero-order chi connectivity index (χ0) is 21.5. The third kappa shape index (κ3) is 5.96. The summed E-state index contributed by atoms with van der Waals surface area (Å²) in [6, 6.07) is 19.0. The largest absolute Gasteiger partial charge is 0.369 e. The lowest BCUT2D eigenvalue weighted by Crippen LogP contribution is -2.53. The molecule has 2 aliphatic rings. The Labute approximate surface area is 186 Å². The summed E-state index contributed by atoms with van der Waals surface area (Å²) < 4.78 is 0. The van der Waals surface area contributed by atoms with Crippen molar-refractivity contribution >= 4 is 17.7 Å². The van der Waals surface area contributed by atoms with Gasteiger partial charge < -0.3 is 9.80 Å². The number of carbonyl (C=O) groups excluding carboxylic acids is 1. The predicted octanol–water partition coefficient (Wildman–Crippen LogP) is 2.97. The van der Waals surface area contributed by atoms with Gasteiger partial charge in [-0.15, -0.1) is 0 Å². The van der Waals surface area contributed by atoms with Crippen LogP contribution < -0.4 is 4.90 Å². The number of benzene rings is 2. The van der Waals surface area contributed by atoms with Crippen LogP contribution in [0, 0.1) is 6.92 Å². The predicted molar refractivity (Wildman–Crippen MR) is 128 cm³/mol. The van der Waals surface area contributed by atoms with Crippen molar-refractivity contribution in [3.05, 3.63) is 71.8 Å². The topological polar surface area (TPSA) is 30.0 Å². The average molecular weight is 419 g/mol. The van der Waals surface area contributed by atoms with Crippen molar-refractivity contribution in [3.8, 4) is 0 Å². The Balaban J connectivity index is 1.17. The molecule has 0 saturated carbocycles. The Bertz CT molecular complexity index is 866. The first-order chi connectivity index (χ1) is 15.2. The Kier molecular flexibility index (Phi) is 7.39. The van der Waals surface area contributed by atoms with E-state index in [2.05, 4.69) is 82.3 Å². The average Bonchev–Trinajstić information content (AvgIpc) is 2.81. The highest BCUT2D eigenvalue weighted by Gasteiger charge is 2.24. The number of rotatable bonds is 6. The quantitative estimate of drug-likeness (QED) is 0.722. The van der Waals surface area contributed by atoms with E-state index < -0.39 is 0 Å². The van der Waals surface area contributed by atoms with E-state index >= 15 is 0 Å². The molecule has 5 nitrogen and oxygen atoms in total. The molecule has 0 radical (unpaired) electrons. The second-order valence-electron chi connectivity index (χ2n) is 8.54. The summed E-state index contributed by atoms with van der Waals surface area (Å²) in [6.45, 7) is 11.1. The number of hydrogen-bond acceptors (Lipinski definition) is 4. The molecular formula is C26H34N4O. The van der Waals surface area contributed by atoms with Crippen molar-refractivity contribution < 1.29 is 4.79 Å². The van der Waals surface area contributed by atoms with Gasteiger partial charge in [-0.1, -0.05) is 60.7 Å². The van der Waals surface area contributed by atoms with E-state index in [0.29, 0.717) is 6.54 Å². The molecule has 2 fully saturated rings. The number of carbonyl (C=O) groups is 1. The summed E-state index contributed by atoms with van der Waals surface area (Å²) in [5, 5.41) is 0. The molecule has 0 unspecified atom stereocenters. The van der Waals surface area contributed by atoms with Gasteiger partial charge in [-0.3, -0.25) is 14.6 Å². The summed E-state index contributed by atoms with van der Waals surface area (Å²) in [6.07, 6.45) is 4.40. The van der Waals surface area contributed by atoms with Crippen LogP contribution in [0.5, 0.6) is 0 Å². The highest BCUT2D eigenvalue weighted by Crippen LogP contribution is 2.20. The van der Waals surface area contributed by atoms with E-state index in [9.17, 15) is 4.79 Å². The molecule has 2 saturated heterocycles. The van der Waals surface area contributed by atoms with Crippen LogP contribution in [0.2, 0.25) is 0 Å². The number of hydrogen-bond donors (Lipinski definition) is 0. The van der Waals surface area contributed by atoms with Gasteiger partial charge in [0.1, 0.15) is 0 Å². The molecular weight excluding hydrogens is 384 g/mol. The van der Waals surface area contributed by atoms with Crippen LogP contribution in [0.4, 0.5) is 5.69 Å². The second kappa shape index (κ2) is 10.6. The molecule has 31 heavy (non-hydrogen) atoms. The molecule has 5 heteroatoms. The van der Waals surface area contributed by atoms with Crippen molar-refractivity contribution in [2.75, 3.05) is 70.3 Å². The Morgan fingerprint density at radius 3 is 2.16 bits per heavy atom. The normalized spacial score (nSPS) is 18.6. The van der Waals surface area contributed by atoms with Crippen LogP contribution in [-0.4, -0.2) is 86.1 Å². The number of anilines is 1. The molecule has 0 aromatic heterocycles. The lowest BCUT2D eigenvalue weighted by atomic mass is 10.1. The number of amides is 1. The molecule has 2 heterocycles.